The molecule has 0 aliphatic carbocycles. The molecule has 1 aliphatic heterocycles. The molecule has 1 aromatic heterocycles. The molecule has 2 heterocycles. The summed E-state index contributed by atoms with van der Waals surface area (Å²) in [7, 11) is 1.50. The van der Waals surface area contributed by atoms with Crippen LogP contribution in [-0.2, 0) is 27.2 Å². The first kappa shape index (κ1) is 128. The molecule has 1 saturated heterocycles. The van der Waals surface area contributed by atoms with E-state index in [1.807, 2.05) is 6.07 Å². The number of likely N-dealkylation sites (tertiary alicyclic amines) is 1. The molecule has 0 unspecified atom stereocenters. The minimum Gasteiger partial charge on any atom is -0.508 e. The monoisotopic (exact) mass is 2080 g/mol. The molecule has 46 nitrogen and oxygen atoms in total. The van der Waals surface area contributed by atoms with Gasteiger partial charge in [0.25, 0.3) is 0 Å². The van der Waals surface area contributed by atoms with Crippen molar-refractivity contribution in [3.8, 4) is 5.75 Å². The van der Waals surface area contributed by atoms with Gasteiger partial charge < -0.3 is 139 Å². The molecule has 1 fully saturated rings. The number of phenols is 1. The highest BCUT2D eigenvalue weighted by molar-refractivity contribution is 5.97. The largest absolute Gasteiger partial charge is 0.508 e. The Kier molecular flexibility index (Phi) is 60.8. The molecule has 1 aliphatic rings. The first-order valence-electron chi connectivity index (χ1n) is 51.8. The van der Waals surface area contributed by atoms with Gasteiger partial charge in [-0.2, -0.15) is 0 Å². The van der Waals surface area contributed by atoms with Crippen LogP contribution in [0, 0.1) is 28.6 Å². The van der Waals surface area contributed by atoms with Crippen molar-refractivity contribution in [2.45, 2.75) is 359 Å². The first-order valence-corrected chi connectivity index (χ1v) is 51.8. The molecule has 830 valence electrons. The average Bonchev–Trinajstić information content (AvgIpc) is 1.67. The Balaban J connectivity index is 1.64. The Labute approximate surface area is 867 Å². The Hall–Kier alpha value is -12.5. The molecule has 0 spiro atoms. The SMILES string of the molecule is CCCCCCCCCCCCCC(O)=NCCCC[C@H](N=C(O)[C@H](CCCCN)N=C(O)[C@H](CCCCN)N=C(O)[C@@H]1CCCN1C(=O)CN=C(O)[C@H](CC(C)C)N=C(O)[C@H](CC(C)C)N=C(O)[C@H](Cc1ccc(O)cc1)N=C(O)CN=C(O)[C@H](C)N=C(O)[C@H](CO)N=C(O)[C@H](CC(=N)O)N=C(O)[C@H](CC(C)C)N=C(O)[C@@H](N=C(O)[C@H](Cc1c[nH]c2ccccc12)OC(=O)CNC)[C@@H](C)O)C(O)=N[C@@H](CCCCN)C(=N)O. The van der Waals surface area contributed by atoms with Crippen LogP contribution in [0.2, 0.25) is 0 Å². The van der Waals surface area contributed by atoms with Crippen molar-refractivity contribution in [1.82, 2.24) is 15.2 Å². The van der Waals surface area contributed by atoms with Crippen molar-refractivity contribution in [2.24, 2.45) is 110 Å². The number of aliphatic hydroxyl groups excluding tert-OH is 19. The van der Waals surface area contributed by atoms with Gasteiger partial charge in [0.2, 0.25) is 94.4 Å². The molecule has 0 bridgehead atoms. The van der Waals surface area contributed by atoms with Gasteiger partial charge in [-0.25, -0.2) is 69.9 Å². The molecule has 148 heavy (non-hydrogen) atoms. The lowest BCUT2D eigenvalue weighted by Gasteiger charge is -2.24. The summed E-state index contributed by atoms with van der Waals surface area (Å²) in [4.78, 5) is 95.4. The lowest BCUT2D eigenvalue weighted by molar-refractivity contribution is -0.145. The number of aromatic hydroxyl groups is 1. The number of para-hydroxylation sites is 1. The Morgan fingerprint density at radius 2 is 0.932 bits per heavy atom. The van der Waals surface area contributed by atoms with Crippen LogP contribution in [0.1, 0.15) is 266 Å². The predicted octanol–water partition coefficient (Wildman–Crippen LogP) is 13.8. The zero-order chi connectivity index (χ0) is 110. The number of aromatic amines is 1. The Morgan fingerprint density at radius 3 is 1.45 bits per heavy atom. The standard InChI is InChI=1S/C102H169N23O23/c1-11-12-13-14-15-16-17-18-19-20-21-40-84(130)109-48-31-27-38-73(92(137)115-71(89(107)134)35-24-28-45-103)117-93(138)72(36-25-29-46-104)116-94(139)74(37-26-30-47-105)118-100(145)81-39-32-49-125(81)86(132)58-112-91(136)75(50-61(2)3)119-95(140)76(51-62(4)5)120-97(142)78(53-66-41-43-68(128)44-42-66)114-85(131)57-111-90(135)64(8)113-99(144)80(60-126)123-98(143)79(55-83(106)129)121-96(141)77(52-63(6)7)122-102(147)88(65(9)127)124-101(146)82(148-87(133)59-108-10)54-67-56-110-70-34-23-22-33-69(67)70/h22-23,33-34,41-44,56,61-65,71-82,88,108,110,126-128H,11-21,24-32,35-40,45-55,57-60,103-105H2,1-10H3,(H2,106,129)(H2,107,134)(H,109,130)(H,111,135)(H,112,136)(H,113,144)(H,114,131)(H,115,137)(H,116,139)(H,117,138)(H,118,145)(H,119,140)(H,120,142)(H,121,141)(H,122,147)(H,123,143)(H,124,146)/t64-,65+,71-,72-,73-,74-,75-,76-,77-,78-,79-,80-,81-,82-,88-/m0/s1. The van der Waals surface area contributed by atoms with E-state index in [9.17, 15) is 112 Å². The molecule has 30 N–H and O–H groups in total. The number of carbonyl (C=O) groups is 2. The third-order valence-corrected chi connectivity index (χ3v) is 24.2. The molecular weight excluding hydrogens is 1920 g/mol. The maximum Gasteiger partial charge on any atom is 0.320 e. The second-order valence-electron chi connectivity index (χ2n) is 38.5. The van der Waals surface area contributed by atoms with E-state index in [0.29, 0.717) is 81.9 Å². The van der Waals surface area contributed by atoms with Crippen LogP contribution in [0.4, 0.5) is 0 Å². The topological polar surface area (TPSA) is 790 Å². The summed E-state index contributed by atoms with van der Waals surface area (Å²) in [5, 5.41) is 245. The van der Waals surface area contributed by atoms with Gasteiger partial charge >= 0.3 is 5.97 Å². The van der Waals surface area contributed by atoms with E-state index in [4.69, 9.17) is 32.8 Å². The number of amides is 1. The Bertz CT molecular complexity index is 4970. The number of nitrogens with two attached hydrogens (primary N) is 3. The van der Waals surface area contributed by atoms with Crippen LogP contribution in [-0.4, -0.2) is 381 Å². The van der Waals surface area contributed by atoms with Crippen molar-refractivity contribution in [3.05, 3.63) is 65.9 Å². The summed E-state index contributed by atoms with van der Waals surface area (Å²) in [5.74, 6) is -15.3. The normalized spacial score (nSPS) is 17.8. The lowest BCUT2D eigenvalue weighted by atomic mass is 10.0. The van der Waals surface area contributed by atoms with Gasteiger partial charge in [-0.3, -0.25) is 25.4 Å². The van der Waals surface area contributed by atoms with Crippen LogP contribution >= 0.6 is 0 Å². The molecule has 0 radical (unpaired) electrons. The number of aliphatic imine (C=N–C) groups is 15. The summed E-state index contributed by atoms with van der Waals surface area (Å²) < 4.78 is 5.58. The number of unbranched alkanes of at least 4 members (excludes halogenated alkanes) is 14. The number of carbonyl (C=O) groups excluding carboxylic acids is 2. The third kappa shape index (κ3) is 49.1. The van der Waals surface area contributed by atoms with Gasteiger partial charge in [0, 0.05) is 49.5 Å². The number of esters is 1. The number of rotatable bonds is 76. The van der Waals surface area contributed by atoms with Crippen LogP contribution in [0.25, 0.3) is 10.9 Å². The fourth-order valence-corrected chi connectivity index (χ4v) is 16.1. The zero-order valence-corrected chi connectivity index (χ0v) is 87.6. The van der Waals surface area contributed by atoms with Gasteiger partial charge in [0.05, 0.1) is 25.7 Å². The quantitative estimate of drug-likeness (QED) is 0.0108. The number of aliphatic hydroxyl groups is 19. The average molecular weight is 2090 g/mol. The van der Waals surface area contributed by atoms with E-state index in [-0.39, 0.29) is 126 Å². The van der Waals surface area contributed by atoms with E-state index < -0.39 is 223 Å². The van der Waals surface area contributed by atoms with E-state index in [1.165, 1.54) is 95.0 Å². The van der Waals surface area contributed by atoms with Gasteiger partial charge in [0.15, 0.2) is 30.0 Å². The van der Waals surface area contributed by atoms with Gasteiger partial charge in [-0.1, -0.05) is 143 Å². The maximum atomic E-state index is 14.3. The summed E-state index contributed by atoms with van der Waals surface area (Å²) >= 11 is 0. The van der Waals surface area contributed by atoms with Gasteiger partial charge in [0.1, 0.15) is 85.3 Å². The molecule has 15 atom stereocenters. The number of nitrogens with one attached hydrogen (secondary N) is 4. The molecule has 0 saturated carbocycles. The zero-order valence-electron chi connectivity index (χ0n) is 87.6. The van der Waals surface area contributed by atoms with Gasteiger partial charge in [-0.15, -0.1) is 0 Å². The summed E-state index contributed by atoms with van der Waals surface area (Å²) in [6.07, 6.45) is 15.2. The van der Waals surface area contributed by atoms with E-state index in [2.05, 4.69) is 92.1 Å². The van der Waals surface area contributed by atoms with E-state index >= 15 is 0 Å². The molecule has 46 heteroatoms. The number of benzene rings is 2. The van der Waals surface area contributed by atoms with Crippen molar-refractivity contribution in [1.29, 1.82) is 10.8 Å². The molecule has 4 rings (SSSR count). The van der Waals surface area contributed by atoms with Crippen molar-refractivity contribution >= 4 is 123 Å². The van der Waals surface area contributed by atoms with Crippen molar-refractivity contribution in [3.63, 3.8) is 0 Å². The number of aromatic nitrogens is 1. The number of nitrogens with zero attached hydrogens (tertiary/aromatic N) is 16. The van der Waals surface area contributed by atoms with Crippen LogP contribution in [0.15, 0.2) is 130 Å². The minimum absolute atomic E-state index is 0.00801. The highest BCUT2D eigenvalue weighted by Crippen LogP contribution is 2.27. The second kappa shape index (κ2) is 70.4. The fraction of sp³-hybridized carbons (Fsp3) is 0.676. The maximum absolute atomic E-state index is 14.3. The number of likely N-dealkylation sites (N-methyl/N-ethyl adjacent to an activating group) is 1. The molecule has 3 aromatic rings. The number of hydrogen-bond donors (Lipinski definition) is 27. The smallest absolute Gasteiger partial charge is 0.320 e. The Morgan fingerprint density at radius 1 is 0.473 bits per heavy atom. The number of phenolic OH excluding ortho intramolecular Hbond substituents is 1. The number of H-pyrrole nitrogens is 1. The van der Waals surface area contributed by atoms with Crippen LogP contribution in [0.3, 0.4) is 0 Å². The van der Waals surface area contributed by atoms with Crippen molar-refractivity contribution in [2.75, 3.05) is 66.0 Å². The minimum atomic E-state index is -1.87. The van der Waals surface area contributed by atoms with E-state index in [1.54, 1.807) is 65.9 Å². The van der Waals surface area contributed by atoms with Crippen LogP contribution in [0.5, 0.6) is 5.75 Å². The summed E-state index contributed by atoms with van der Waals surface area (Å²) in [6, 6.07) is -5.79. The van der Waals surface area contributed by atoms with Gasteiger partial charge in [-0.05, 0) is 203 Å². The summed E-state index contributed by atoms with van der Waals surface area (Å²) in [5.41, 5.74) is 19.4. The molecule has 1 amide bonds. The third-order valence-electron chi connectivity index (χ3n) is 24.2. The highest BCUT2D eigenvalue weighted by atomic mass is 16.6. The first-order chi connectivity index (χ1) is 70.5. The second-order valence-corrected chi connectivity index (χ2v) is 38.5. The van der Waals surface area contributed by atoms with Crippen LogP contribution < -0.4 is 22.5 Å². The number of fused-ring (bicyclic) bond motifs is 1. The molecular formula is C102H169N23O23. The molecule has 2 aromatic carbocycles. The number of hydrogen-bond acceptors (Lipinski definition) is 27. The predicted molar refractivity (Wildman–Crippen MR) is 585 cm³/mol. The highest BCUT2D eigenvalue weighted by Gasteiger charge is 2.37. The van der Waals surface area contributed by atoms with Crippen molar-refractivity contribution < 1.29 is 116 Å². The number of ether oxygens (including phenoxy) is 1. The fourth-order valence-electron chi connectivity index (χ4n) is 16.1. The summed E-state index contributed by atoms with van der Waals surface area (Å²) in [6.45, 7) is 13.6. The lowest BCUT2D eigenvalue weighted by Crippen LogP contribution is -2.42. The van der Waals surface area contributed by atoms with E-state index in [0.717, 1.165) is 36.6 Å².